The van der Waals surface area contributed by atoms with Gasteiger partial charge in [-0.3, -0.25) is 4.55 Å². The van der Waals surface area contributed by atoms with Gasteiger partial charge in [-0.05, 0) is 12.7 Å². The summed E-state index contributed by atoms with van der Waals surface area (Å²) >= 11 is 6.19. The zero-order valence-corrected chi connectivity index (χ0v) is 13.2. The third kappa shape index (κ3) is 13.8. The summed E-state index contributed by atoms with van der Waals surface area (Å²) in [6.45, 7) is 0.472. The van der Waals surface area contributed by atoms with Gasteiger partial charge >= 0.3 is 51.4 Å². The van der Waals surface area contributed by atoms with Crippen LogP contribution in [0.2, 0.25) is 0 Å². The second kappa shape index (κ2) is 9.04. The van der Waals surface area contributed by atoms with Crippen LogP contribution < -0.4 is 56.7 Å². The fraction of sp³-hybridized carbons (Fsp3) is 0.800. The van der Waals surface area contributed by atoms with E-state index in [1.54, 1.807) is 0 Å². The monoisotopic (exact) mass is 268 g/mol. The largest absolute Gasteiger partial charge is 1.00 e. The summed E-state index contributed by atoms with van der Waals surface area (Å²) in [6.07, 6.45) is 2.19. The van der Waals surface area contributed by atoms with E-state index in [4.69, 9.17) is 16.8 Å². The molecule has 0 radical (unpaired) electrons. The van der Waals surface area contributed by atoms with E-state index in [0.29, 0.717) is 17.3 Å². The first-order valence-corrected chi connectivity index (χ1v) is 6.47. The van der Waals surface area contributed by atoms with Gasteiger partial charge in [0.2, 0.25) is 0 Å². The molecule has 0 fully saturated rings. The Morgan fingerprint density at radius 3 is 2.54 bits per heavy atom. The van der Waals surface area contributed by atoms with Gasteiger partial charge in [-0.1, -0.05) is 12.2 Å². The van der Waals surface area contributed by atoms with Crippen molar-refractivity contribution in [2.45, 2.75) is 6.42 Å². The standard InChI is InChI=1S/C5H11NO3S3.K/c1-11-5(10)6-3-2-4-12(7,8)9;/h2-4H2,1H3,(H,6,10)(H,7,8,9);/q;+1. The molecule has 0 bridgehead atoms. The molecule has 0 aliphatic heterocycles. The molecule has 2 N–H and O–H groups in total. The van der Waals surface area contributed by atoms with E-state index in [1.165, 1.54) is 11.8 Å². The van der Waals surface area contributed by atoms with Crippen molar-refractivity contribution in [2.24, 2.45) is 0 Å². The summed E-state index contributed by atoms with van der Waals surface area (Å²) in [7, 11) is -3.82. The minimum atomic E-state index is -3.82. The molecule has 13 heavy (non-hydrogen) atoms. The van der Waals surface area contributed by atoms with Crippen LogP contribution in [0, 0.1) is 0 Å². The second-order valence-electron chi connectivity index (χ2n) is 2.06. The zero-order chi connectivity index (χ0) is 9.61. The Morgan fingerprint density at radius 1 is 1.62 bits per heavy atom. The molecule has 0 spiro atoms. The van der Waals surface area contributed by atoms with Crippen molar-refractivity contribution < 1.29 is 64.4 Å². The van der Waals surface area contributed by atoms with Crippen LogP contribution in [-0.2, 0) is 10.1 Å². The summed E-state index contributed by atoms with van der Waals surface area (Å²) in [5, 5.41) is 2.82. The van der Waals surface area contributed by atoms with Crippen molar-refractivity contribution in [3.63, 3.8) is 0 Å². The van der Waals surface area contributed by atoms with E-state index in [0.717, 1.165) is 0 Å². The minimum absolute atomic E-state index is 0. The zero-order valence-electron chi connectivity index (χ0n) is 7.61. The van der Waals surface area contributed by atoms with Gasteiger partial charge in [-0.15, -0.1) is 11.8 Å². The SMILES string of the molecule is CSC(=S)NCCCS(=O)(=O)O.[K+]. The number of thiocarbonyl (C=S) groups is 1. The maximum Gasteiger partial charge on any atom is 1.00 e. The average molecular weight is 268 g/mol. The Labute approximate surface area is 131 Å². The van der Waals surface area contributed by atoms with Crippen molar-refractivity contribution in [2.75, 3.05) is 18.6 Å². The Balaban J connectivity index is 0. The third-order valence-electron chi connectivity index (χ3n) is 1.03. The molecule has 0 unspecified atom stereocenters. The van der Waals surface area contributed by atoms with Crippen LogP contribution in [-0.4, -0.2) is 35.8 Å². The van der Waals surface area contributed by atoms with E-state index in [9.17, 15) is 8.42 Å². The summed E-state index contributed by atoms with van der Waals surface area (Å²) in [4.78, 5) is 0. The number of thioether (sulfide) groups is 1. The van der Waals surface area contributed by atoms with E-state index >= 15 is 0 Å². The van der Waals surface area contributed by atoms with Gasteiger partial charge in [0.25, 0.3) is 10.1 Å². The van der Waals surface area contributed by atoms with Gasteiger partial charge in [-0.25, -0.2) is 0 Å². The molecule has 0 saturated heterocycles. The minimum Gasteiger partial charge on any atom is -0.371 e. The predicted octanol–water partition coefficient (Wildman–Crippen LogP) is -2.49. The molecule has 0 aliphatic rings. The summed E-state index contributed by atoms with van der Waals surface area (Å²) in [6, 6.07) is 0. The first kappa shape index (κ1) is 17.2. The molecule has 0 heterocycles. The molecule has 0 aromatic heterocycles. The Kier molecular flexibility index (Phi) is 12.0. The van der Waals surface area contributed by atoms with E-state index in [1.807, 2.05) is 6.26 Å². The molecule has 4 nitrogen and oxygen atoms in total. The molecule has 0 aromatic carbocycles. The van der Waals surface area contributed by atoms with Gasteiger partial charge in [0.1, 0.15) is 4.32 Å². The molecule has 0 amide bonds. The second-order valence-corrected chi connectivity index (χ2v) is 5.11. The number of nitrogens with one attached hydrogen (secondary N) is 1. The van der Waals surface area contributed by atoms with Crippen LogP contribution >= 0.6 is 24.0 Å². The number of rotatable bonds is 4. The van der Waals surface area contributed by atoms with E-state index < -0.39 is 10.1 Å². The quantitative estimate of drug-likeness (QED) is 0.254. The Bertz CT molecular complexity index is 241. The van der Waals surface area contributed by atoms with Gasteiger partial charge < -0.3 is 5.32 Å². The van der Waals surface area contributed by atoms with Crippen LogP contribution in [0.15, 0.2) is 0 Å². The Hall–Kier alpha value is 1.79. The fourth-order valence-electron chi connectivity index (χ4n) is 0.517. The number of hydrogen-bond donors (Lipinski definition) is 2. The molecule has 0 rings (SSSR count). The van der Waals surface area contributed by atoms with Crippen molar-refractivity contribution in [3.05, 3.63) is 0 Å². The fourth-order valence-corrected chi connectivity index (χ4v) is 1.37. The van der Waals surface area contributed by atoms with Gasteiger partial charge in [0, 0.05) is 6.54 Å². The van der Waals surface area contributed by atoms with Gasteiger partial charge in [-0.2, -0.15) is 8.42 Å². The van der Waals surface area contributed by atoms with Crippen molar-refractivity contribution in [1.82, 2.24) is 5.32 Å². The molecular weight excluding hydrogens is 257 g/mol. The summed E-state index contributed by atoms with van der Waals surface area (Å²) < 4.78 is 29.4. The van der Waals surface area contributed by atoms with Gasteiger partial charge in [0.05, 0.1) is 5.75 Å². The molecule has 72 valence electrons. The maximum absolute atomic E-state index is 10.2. The van der Waals surface area contributed by atoms with E-state index in [-0.39, 0.29) is 57.1 Å². The molecule has 0 aliphatic carbocycles. The molecule has 8 heteroatoms. The average Bonchev–Trinajstić information content (AvgIpc) is 1.96. The maximum atomic E-state index is 10.2. The molecular formula is C5H11KNO3S3+. The third-order valence-corrected chi connectivity index (χ3v) is 3.00. The summed E-state index contributed by atoms with van der Waals surface area (Å²) in [5.41, 5.74) is 0. The van der Waals surface area contributed by atoms with Gasteiger partial charge in [0.15, 0.2) is 0 Å². The van der Waals surface area contributed by atoms with Crippen molar-refractivity contribution >= 4 is 38.4 Å². The first-order chi connectivity index (χ1) is 5.45. The predicted molar refractivity (Wildman–Crippen MR) is 55.1 cm³/mol. The number of hydrogen-bond acceptors (Lipinski definition) is 4. The van der Waals surface area contributed by atoms with Crippen LogP contribution in [0.5, 0.6) is 0 Å². The normalized spacial score (nSPS) is 10.3. The summed E-state index contributed by atoms with van der Waals surface area (Å²) in [5.74, 6) is -0.225. The van der Waals surface area contributed by atoms with Crippen molar-refractivity contribution in [1.29, 1.82) is 0 Å². The molecule has 0 saturated carbocycles. The topological polar surface area (TPSA) is 66.4 Å². The van der Waals surface area contributed by atoms with Crippen LogP contribution in [0.4, 0.5) is 0 Å². The Morgan fingerprint density at radius 2 is 2.15 bits per heavy atom. The first-order valence-electron chi connectivity index (χ1n) is 3.22. The van der Waals surface area contributed by atoms with Crippen LogP contribution in [0.1, 0.15) is 6.42 Å². The molecule has 0 aromatic rings. The van der Waals surface area contributed by atoms with E-state index in [2.05, 4.69) is 5.32 Å². The van der Waals surface area contributed by atoms with Crippen LogP contribution in [0.3, 0.4) is 0 Å². The van der Waals surface area contributed by atoms with Crippen LogP contribution in [0.25, 0.3) is 0 Å². The van der Waals surface area contributed by atoms with Crippen molar-refractivity contribution in [3.8, 4) is 0 Å². The molecule has 0 atom stereocenters. The smallest absolute Gasteiger partial charge is 0.371 e.